The lowest BCUT2D eigenvalue weighted by atomic mass is 10.2. The molecule has 1 unspecified atom stereocenters. The van der Waals surface area contributed by atoms with Gasteiger partial charge in [-0.05, 0) is 6.42 Å². The molecular weight excluding hydrogens is 299 g/mol. The summed E-state index contributed by atoms with van der Waals surface area (Å²) in [7, 11) is -2.89. The fourth-order valence-electron chi connectivity index (χ4n) is 1.07. The summed E-state index contributed by atoms with van der Waals surface area (Å²) in [6.45, 7) is 0. The fraction of sp³-hybridized carbons (Fsp3) is 0.625. The Labute approximate surface area is 114 Å². The van der Waals surface area contributed by atoms with E-state index in [1.807, 2.05) is 0 Å². The Bertz CT molecular complexity index is 378. The van der Waals surface area contributed by atoms with Crippen LogP contribution in [0.3, 0.4) is 0 Å². The van der Waals surface area contributed by atoms with E-state index in [4.69, 9.17) is 15.3 Å². The third-order valence-corrected chi connectivity index (χ3v) is 3.62. The fourth-order valence-corrected chi connectivity index (χ4v) is 2.70. The van der Waals surface area contributed by atoms with Crippen molar-refractivity contribution >= 4 is 38.6 Å². The predicted molar refractivity (Wildman–Crippen MR) is 68.8 cm³/mol. The van der Waals surface area contributed by atoms with Gasteiger partial charge in [-0.1, -0.05) is 0 Å². The molecule has 9 nitrogen and oxygen atoms in total. The van der Waals surface area contributed by atoms with Gasteiger partial charge in [0.2, 0.25) is 8.10 Å². The maximum absolute atomic E-state index is 11.5. The lowest BCUT2D eigenvalue weighted by Gasteiger charge is -2.16. The number of carboxylic acid groups (broad SMARTS) is 3. The van der Waals surface area contributed by atoms with Gasteiger partial charge in [-0.3, -0.25) is 18.9 Å². The van der Waals surface area contributed by atoms with Crippen LogP contribution < -0.4 is 10.2 Å². The number of carbonyl (C=O) groups is 3. The Kier molecular flexibility index (Phi) is 8.41. The molecule has 0 saturated heterocycles. The smallest absolute Gasteiger partial charge is 0.321 e. The molecular formula is C8H15N2O7PS. The number of nitrogens with one attached hydrogen (secondary N) is 2. The van der Waals surface area contributed by atoms with Crippen LogP contribution in [0.25, 0.3) is 0 Å². The molecule has 0 rings (SSSR count). The molecule has 0 bridgehead atoms. The van der Waals surface area contributed by atoms with Crippen molar-refractivity contribution in [2.75, 3.05) is 5.75 Å². The highest BCUT2D eigenvalue weighted by Crippen LogP contribution is 2.14. The maximum atomic E-state index is 11.5. The van der Waals surface area contributed by atoms with Crippen molar-refractivity contribution in [2.45, 2.75) is 24.9 Å². The summed E-state index contributed by atoms with van der Waals surface area (Å²) >= 11 is 3.74. The first-order chi connectivity index (χ1) is 8.77. The molecule has 5 N–H and O–H groups in total. The van der Waals surface area contributed by atoms with Crippen LogP contribution in [-0.4, -0.2) is 51.1 Å². The van der Waals surface area contributed by atoms with Gasteiger partial charge in [0.15, 0.2) is 0 Å². The number of hydrogen-bond donors (Lipinski definition) is 6. The highest BCUT2D eigenvalue weighted by molar-refractivity contribution is 7.80. The summed E-state index contributed by atoms with van der Waals surface area (Å²) in [5, 5.41) is 30.3. The third-order valence-electron chi connectivity index (χ3n) is 2.04. The summed E-state index contributed by atoms with van der Waals surface area (Å²) in [6, 6.07) is -2.51. The van der Waals surface area contributed by atoms with Gasteiger partial charge in [-0.2, -0.15) is 12.6 Å². The summed E-state index contributed by atoms with van der Waals surface area (Å²) in [4.78, 5) is 31.8. The highest BCUT2D eigenvalue weighted by atomic mass is 32.1. The van der Waals surface area contributed by atoms with E-state index in [9.17, 15) is 18.9 Å². The van der Waals surface area contributed by atoms with E-state index >= 15 is 0 Å². The second-order valence-corrected chi connectivity index (χ2v) is 5.12. The Morgan fingerprint density at radius 2 is 1.53 bits per heavy atom. The average Bonchev–Trinajstić information content (AvgIpc) is 2.30. The van der Waals surface area contributed by atoms with Gasteiger partial charge < -0.3 is 15.3 Å². The Balaban J connectivity index is 4.42. The maximum Gasteiger partial charge on any atom is 0.321 e. The van der Waals surface area contributed by atoms with Crippen molar-refractivity contribution in [2.24, 2.45) is 0 Å². The van der Waals surface area contributed by atoms with Gasteiger partial charge in [-0.15, -0.1) is 0 Å². The summed E-state index contributed by atoms with van der Waals surface area (Å²) in [5.41, 5.74) is 0. The molecule has 0 amide bonds. The molecule has 0 radical (unpaired) electrons. The summed E-state index contributed by atoms with van der Waals surface area (Å²) in [6.07, 6.45) is -0.671. The molecule has 0 aliphatic carbocycles. The minimum atomic E-state index is -2.89. The van der Waals surface area contributed by atoms with Crippen molar-refractivity contribution in [1.29, 1.82) is 0 Å². The zero-order chi connectivity index (χ0) is 15.0. The van der Waals surface area contributed by atoms with Crippen molar-refractivity contribution in [1.82, 2.24) is 10.2 Å². The number of aliphatic carboxylic acids is 3. The molecule has 0 saturated carbocycles. The SMILES string of the molecule is O=C(O)CC[C@H](N[PH](=O)N[C@@H](CS)C(=O)O)C(=O)O. The van der Waals surface area contributed by atoms with Crippen LogP contribution >= 0.6 is 20.7 Å². The molecule has 11 heteroatoms. The van der Waals surface area contributed by atoms with Crippen LogP contribution in [0.5, 0.6) is 0 Å². The second-order valence-electron chi connectivity index (χ2n) is 3.51. The van der Waals surface area contributed by atoms with E-state index in [1.165, 1.54) is 0 Å². The summed E-state index contributed by atoms with van der Waals surface area (Å²) in [5.74, 6) is -3.94. The minimum absolute atomic E-state index is 0.125. The lowest BCUT2D eigenvalue weighted by Crippen LogP contribution is -2.40. The number of hydrogen-bond acceptors (Lipinski definition) is 5. The second kappa shape index (κ2) is 8.92. The number of carboxylic acids is 3. The third kappa shape index (κ3) is 7.83. The zero-order valence-electron chi connectivity index (χ0n) is 9.70. The molecule has 3 atom stereocenters. The minimum Gasteiger partial charge on any atom is -0.481 e. The zero-order valence-corrected chi connectivity index (χ0v) is 11.6. The van der Waals surface area contributed by atoms with Crippen LogP contribution in [0.15, 0.2) is 0 Å². The van der Waals surface area contributed by atoms with Crippen molar-refractivity contribution in [3.05, 3.63) is 0 Å². The van der Waals surface area contributed by atoms with Gasteiger partial charge in [0, 0.05) is 12.2 Å². The van der Waals surface area contributed by atoms with Gasteiger partial charge in [0.05, 0.1) is 0 Å². The van der Waals surface area contributed by atoms with Gasteiger partial charge in [0.1, 0.15) is 12.1 Å². The van der Waals surface area contributed by atoms with E-state index < -0.39 is 44.5 Å². The average molecular weight is 314 g/mol. The molecule has 0 fully saturated rings. The normalized spacial score (nSPS) is 15.4. The van der Waals surface area contributed by atoms with E-state index in [2.05, 4.69) is 22.8 Å². The van der Waals surface area contributed by atoms with E-state index in [0.717, 1.165) is 0 Å². The molecule has 0 heterocycles. The number of thiol groups is 1. The summed E-state index contributed by atoms with van der Waals surface area (Å²) < 4.78 is 11.5. The molecule has 110 valence electrons. The van der Waals surface area contributed by atoms with E-state index in [0.29, 0.717) is 0 Å². The predicted octanol–water partition coefficient (Wildman–Crippen LogP) is -0.744. The Morgan fingerprint density at radius 3 is 1.89 bits per heavy atom. The lowest BCUT2D eigenvalue weighted by molar-refractivity contribution is -0.140. The first kappa shape index (κ1) is 17.9. The quantitative estimate of drug-likeness (QED) is 0.226. The molecule has 0 aromatic rings. The molecule has 0 aromatic carbocycles. The first-order valence-electron chi connectivity index (χ1n) is 5.13. The van der Waals surface area contributed by atoms with Crippen molar-refractivity contribution in [3.63, 3.8) is 0 Å². The largest absolute Gasteiger partial charge is 0.481 e. The molecule has 19 heavy (non-hydrogen) atoms. The number of rotatable bonds is 10. The van der Waals surface area contributed by atoms with E-state index in [-0.39, 0.29) is 12.2 Å². The Hall–Kier alpha value is -1.09. The molecule has 0 spiro atoms. The standard InChI is InChI=1S/C8H15N2O7PS/c11-6(12)2-1-4(7(13)14)9-18(17)10-5(3-19)8(15)16/h4-5,18-19H,1-3H2,(H,11,12)(H,13,14)(H,15,16)(H2,9,10,17)/t4-,5-/m0/s1. The monoisotopic (exact) mass is 314 g/mol. The van der Waals surface area contributed by atoms with Crippen LogP contribution in [0, 0.1) is 0 Å². The van der Waals surface area contributed by atoms with Crippen LogP contribution in [0.1, 0.15) is 12.8 Å². The topological polar surface area (TPSA) is 153 Å². The molecule has 0 aliphatic heterocycles. The molecule has 0 aromatic heterocycles. The van der Waals surface area contributed by atoms with Crippen LogP contribution in [0.2, 0.25) is 0 Å². The first-order valence-corrected chi connectivity index (χ1v) is 7.17. The van der Waals surface area contributed by atoms with Crippen LogP contribution in [-0.2, 0) is 18.9 Å². The Morgan fingerprint density at radius 1 is 1.05 bits per heavy atom. The van der Waals surface area contributed by atoms with Crippen LogP contribution in [0.4, 0.5) is 0 Å². The van der Waals surface area contributed by atoms with Gasteiger partial charge >= 0.3 is 17.9 Å². The van der Waals surface area contributed by atoms with Crippen molar-refractivity contribution < 1.29 is 34.3 Å². The van der Waals surface area contributed by atoms with Gasteiger partial charge in [-0.25, -0.2) is 10.2 Å². The van der Waals surface area contributed by atoms with Gasteiger partial charge in [0.25, 0.3) is 0 Å². The van der Waals surface area contributed by atoms with Crippen molar-refractivity contribution in [3.8, 4) is 0 Å². The highest BCUT2D eigenvalue weighted by Gasteiger charge is 2.23. The molecule has 0 aliphatic rings. The van der Waals surface area contributed by atoms with E-state index in [1.54, 1.807) is 0 Å².